The van der Waals surface area contributed by atoms with Gasteiger partial charge in [0.1, 0.15) is 0 Å². The fourth-order valence-electron chi connectivity index (χ4n) is 1.71. The van der Waals surface area contributed by atoms with Crippen molar-refractivity contribution >= 4 is 5.82 Å². The van der Waals surface area contributed by atoms with Gasteiger partial charge in [-0.3, -0.25) is 0 Å². The number of hydrogen-bond acceptors (Lipinski definition) is 3. The van der Waals surface area contributed by atoms with Crippen LogP contribution in [-0.2, 0) is 0 Å². The number of hydrogen-bond donors (Lipinski definition) is 1. The third-order valence-electron chi connectivity index (χ3n) is 2.81. The average Bonchev–Trinajstić information content (AvgIpc) is 2.34. The highest BCUT2D eigenvalue weighted by atomic mass is 15.2. The molecule has 0 spiro atoms. The van der Waals surface area contributed by atoms with Crippen molar-refractivity contribution in [3.63, 3.8) is 0 Å². The van der Waals surface area contributed by atoms with E-state index in [-0.39, 0.29) is 0 Å². The molecule has 3 nitrogen and oxygen atoms in total. The maximum atomic E-state index is 4.27. The molecule has 0 saturated heterocycles. The quantitative estimate of drug-likeness (QED) is 0.833. The summed E-state index contributed by atoms with van der Waals surface area (Å²) in [5.74, 6) is 0.845. The first-order valence-electron chi connectivity index (χ1n) is 5.31. The van der Waals surface area contributed by atoms with Crippen molar-refractivity contribution in [2.75, 3.05) is 12.4 Å². The fourth-order valence-corrected chi connectivity index (χ4v) is 1.71. The molecule has 0 radical (unpaired) electrons. The van der Waals surface area contributed by atoms with Gasteiger partial charge in [-0.05, 0) is 25.0 Å². The lowest BCUT2D eigenvalue weighted by Gasteiger charge is -2.10. The highest BCUT2D eigenvalue weighted by molar-refractivity contribution is 5.66. The molecule has 1 aromatic carbocycles. The molecule has 0 unspecified atom stereocenters. The van der Waals surface area contributed by atoms with Crippen molar-refractivity contribution < 1.29 is 0 Å². The Morgan fingerprint density at radius 1 is 0.938 bits per heavy atom. The summed E-state index contributed by atoms with van der Waals surface area (Å²) < 4.78 is 0. The van der Waals surface area contributed by atoms with E-state index in [2.05, 4.69) is 41.5 Å². The number of rotatable bonds is 2. The van der Waals surface area contributed by atoms with Crippen molar-refractivity contribution in [1.82, 2.24) is 10.2 Å². The molecule has 2 rings (SSSR count). The summed E-state index contributed by atoms with van der Waals surface area (Å²) >= 11 is 0. The molecular weight excluding hydrogens is 198 g/mol. The molecular formula is C13H15N3. The van der Waals surface area contributed by atoms with Gasteiger partial charge < -0.3 is 5.32 Å². The molecule has 0 fully saturated rings. The van der Waals surface area contributed by atoms with Crippen LogP contribution >= 0.6 is 0 Å². The molecule has 0 aliphatic rings. The Bertz CT molecular complexity index is 492. The summed E-state index contributed by atoms with van der Waals surface area (Å²) in [5, 5.41) is 11.5. The third kappa shape index (κ3) is 1.76. The highest BCUT2D eigenvalue weighted by Crippen LogP contribution is 2.25. The summed E-state index contributed by atoms with van der Waals surface area (Å²) in [7, 11) is 1.86. The van der Waals surface area contributed by atoms with Gasteiger partial charge in [0.15, 0.2) is 5.82 Å². The fraction of sp³-hybridized carbons (Fsp3) is 0.231. The second-order valence-corrected chi connectivity index (χ2v) is 3.76. The Balaban J connectivity index is 2.56. The Kier molecular flexibility index (Phi) is 2.86. The zero-order valence-electron chi connectivity index (χ0n) is 9.78. The van der Waals surface area contributed by atoms with Gasteiger partial charge in [0.2, 0.25) is 0 Å². The van der Waals surface area contributed by atoms with Gasteiger partial charge in [0.25, 0.3) is 0 Å². The molecule has 0 aliphatic heterocycles. The number of benzene rings is 1. The molecule has 0 saturated carbocycles. The minimum absolute atomic E-state index is 0.845. The van der Waals surface area contributed by atoms with E-state index in [0.29, 0.717) is 0 Å². The minimum atomic E-state index is 0.845. The lowest BCUT2D eigenvalue weighted by Crippen LogP contribution is -2.02. The number of aromatic nitrogens is 2. The maximum Gasteiger partial charge on any atom is 0.151 e. The molecule has 1 heterocycles. The standard InChI is InChI=1S/C13H15N3/c1-9-10(2)13(14-3)16-15-12(9)11-7-5-4-6-8-11/h4-8H,1-3H3,(H,14,16). The van der Waals surface area contributed by atoms with Gasteiger partial charge >= 0.3 is 0 Å². The number of nitrogens with zero attached hydrogens (tertiary/aromatic N) is 2. The van der Waals surface area contributed by atoms with Crippen molar-refractivity contribution in [1.29, 1.82) is 0 Å². The topological polar surface area (TPSA) is 37.8 Å². The van der Waals surface area contributed by atoms with E-state index in [0.717, 1.165) is 22.6 Å². The monoisotopic (exact) mass is 213 g/mol. The van der Waals surface area contributed by atoms with E-state index in [4.69, 9.17) is 0 Å². The Morgan fingerprint density at radius 2 is 1.62 bits per heavy atom. The molecule has 0 bridgehead atoms. The molecule has 2 aromatic rings. The van der Waals surface area contributed by atoms with Crippen LogP contribution in [-0.4, -0.2) is 17.2 Å². The van der Waals surface area contributed by atoms with Crippen LogP contribution in [0.25, 0.3) is 11.3 Å². The molecule has 1 aromatic heterocycles. The first kappa shape index (κ1) is 10.6. The van der Waals surface area contributed by atoms with Crippen molar-refractivity contribution in [2.24, 2.45) is 0 Å². The molecule has 3 heteroatoms. The van der Waals surface area contributed by atoms with Crippen LogP contribution in [0.3, 0.4) is 0 Å². The number of nitrogens with one attached hydrogen (secondary N) is 1. The van der Waals surface area contributed by atoms with Crippen LogP contribution in [0.5, 0.6) is 0 Å². The maximum absolute atomic E-state index is 4.27. The molecule has 16 heavy (non-hydrogen) atoms. The Hall–Kier alpha value is -1.90. The summed E-state index contributed by atoms with van der Waals surface area (Å²) in [6.07, 6.45) is 0. The second-order valence-electron chi connectivity index (χ2n) is 3.76. The van der Waals surface area contributed by atoms with E-state index in [9.17, 15) is 0 Å². The summed E-state index contributed by atoms with van der Waals surface area (Å²) in [6, 6.07) is 10.1. The average molecular weight is 213 g/mol. The largest absolute Gasteiger partial charge is 0.371 e. The Morgan fingerprint density at radius 3 is 2.25 bits per heavy atom. The van der Waals surface area contributed by atoms with Crippen LogP contribution in [0.2, 0.25) is 0 Å². The normalized spacial score (nSPS) is 10.2. The van der Waals surface area contributed by atoms with Crippen molar-refractivity contribution in [2.45, 2.75) is 13.8 Å². The summed E-state index contributed by atoms with van der Waals surface area (Å²) in [6.45, 7) is 4.13. The summed E-state index contributed by atoms with van der Waals surface area (Å²) in [5.41, 5.74) is 4.39. The lowest BCUT2D eigenvalue weighted by atomic mass is 10.0. The van der Waals surface area contributed by atoms with Gasteiger partial charge in [-0.25, -0.2) is 0 Å². The Labute approximate surface area is 95.5 Å². The van der Waals surface area contributed by atoms with Gasteiger partial charge in [0.05, 0.1) is 5.69 Å². The SMILES string of the molecule is CNc1nnc(-c2ccccc2)c(C)c1C. The molecule has 0 amide bonds. The van der Waals surface area contributed by atoms with Gasteiger partial charge in [-0.15, -0.1) is 10.2 Å². The predicted molar refractivity (Wildman–Crippen MR) is 66.5 cm³/mol. The highest BCUT2D eigenvalue weighted by Gasteiger charge is 2.09. The molecule has 82 valence electrons. The smallest absolute Gasteiger partial charge is 0.151 e. The van der Waals surface area contributed by atoms with Crippen molar-refractivity contribution in [3.05, 3.63) is 41.5 Å². The zero-order chi connectivity index (χ0) is 11.5. The number of anilines is 1. The van der Waals surface area contributed by atoms with Crippen LogP contribution in [0.1, 0.15) is 11.1 Å². The minimum Gasteiger partial charge on any atom is -0.371 e. The van der Waals surface area contributed by atoms with E-state index < -0.39 is 0 Å². The summed E-state index contributed by atoms with van der Waals surface area (Å²) in [4.78, 5) is 0. The van der Waals surface area contributed by atoms with Crippen LogP contribution in [0, 0.1) is 13.8 Å². The van der Waals surface area contributed by atoms with E-state index >= 15 is 0 Å². The zero-order valence-corrected chi connectivity index (χ0v) is 9.78. The van der Waals surface area contributed by atoms with E-state index in [1.54, 1.807) is 0 Å². The second kappa shape index (κ2) is 4.31. The molecule has 0 aliphatic carbocycles. The lowest BCUT2D eigenvalue weighted by molar-refractivity contribution is 1.00. The molecule has 1 N–H and O–H groups in total. The van der Waals surface area contributed by atoms with E-state index in [1.807, 2.05) is 25.2 Å². The molecule has 0 atom stereocenters. The van der Waals surface area contributed by atoms with Gasteiger partial charge in [-0.1, -0.05) is 30.3 Å². The van der Waals surface area contributed by atoms with Crippen LogP contribution < -0.4 is 5.32 Å². The van der Waals surface area contributed by atoms with E-state index in [1.165, 1.54) is 5.56 Å². The van der Waals surface area contributed by atoms with Gasteiger partial charge in [0, 0.05) is 12.6 Å². The first-order valence-corrected chi connectivity index (χ1v) is 5.31. The van der Waals surface area contributed by atoms with Gasteiger partial charge in [-0.2, -0.15) is 0 Å². The van der Waals surface area contributed by atoms with Crippen LogP contribution in [0.4, 0.5) is 5.82 Å². The first-order chi connectivity index (χ1) is 7.74. The predicted octanol–water partition coefficient (Wildman–Crippen LogP) is 2.80. The van der Waals surface area contributed by atoms with Crippen molar-refractivity contribution in [3.8, 4) is 11.3 Å². The van der Waals surface area contributed by atoms with Crippen LogP contribution in [0.15, 0.2) is 30.3 Å². The third-order valence-corrected chi connectivity index (χ3v) is 2.81.